The van der Waals surface area contributed by atoms with E-state index in [1.54, 1.807) is 36.9 Å². The van der Waals surface area contributed by atoms with Crippen LogP contribution in [0.1, 0.15) is 78.5 Å². The summed E-state index contributed by atoms with van der Waals surface area (Å²) in [6.45, 7) is 10.7. The Balaban J connectivity index is 0.785. The summed E-state index contributed by atoms with van der Waals surface area (Å²) in [5.41, 5.74) is 6.41. The highest BCUT2D eigenvalue weighted by Crippen LogP contribution is 2.44. The van der Waals surface area contributed by atoms with Crippen LogP contribution < -0.4 is 25.2 Å². The highest BCUT2D eigenvalue weighted by atomic mass is 16.5. The molecule has 0 bridgehead atoms. The van der Waals surface area contributed by atoms with Gasteiger partial charge in [-0.25, -0.2) is 0 Å². The van der Waals surface area contributed by atoms with Gasteiger partial charge in [0.2, 0.25) is 11.8 Å². The lowest BCUT2D eigenvalue weighted by Crippen LogP contribution is -2.52. The summed E-state index contributed by atoms with van der Waals surface area (Å²) in [6.07, 6.45) is 8.77. The van der Waals surface area contributed by atoms with E-state index in [9.17, 15) is 19.2 Å². The minimum atomic E-state index is -0.596. The number of rotatable bonds is 13. The maximum Gasteiger partial charge on any atom is 0.259 e. The number of piperidine rings is 2. The molecule has 3 unspecified atom stereocenters. The van der Waals surface area contributed by atoms with Gasteiger partial charge < -0.3 is 33.5 Å². The lowest BCUT2D eigenvalue weighted by atomic mass is 9.92. The number of nitrogens with one attached hydrogen (secondary N) is 1. The largest absolute Gasteiger partial charge is 0.496 e. The van der Waals surface area contributed by atoms with Crippen LogP contribution in [0.2, 0.25) is 0 Å². The summed E-state index contributed by atoms with van der Waals surface area (Å²) in [5, 5.41) is 3.84. The third kappa shape index (κ3) is 8.25. The minimum Gasteiger partial charge on any atom is -0.496 e. The van der Waals surface area contributed by atoms with Crippen LogP contribution in [0.5, 0.6) is 11.5 Å². The van der Waals surface area contributed by atoms with Crippen molar-refractivity contribution in [2.75, 3.05) is 71.5 Å². The fourth-order valence-electron chi connectivity index (χ4n) is 9.96. The number of aromatic nitrogens is 2. The molecule has 322 valence electrons. The first-order valence-electron chi connectivity index (χ1n) is 22.0. The van der Waals surface area contributed by atoms with Crippen LogP contribution in [-0.2, 0) is 34.5 Å². The molecule has 4 aromatic rings. The molecule has 0 radical (unpaired) electrons. The summed E-state index contributed by atoms with van der Waals surface area (Å²) < 4.78 is 19.5. The topological polar surface area (TPSA) is 139 Å². The summed E-state index contributed by atoms with van der Waals surface area (Å²) in [6, 6.07) is 11.7. The van der Waals surface area contributed by atoms with Gasteiger partial charge in [-0.15, -0.1) is 0 Å². The van der Waals surface area contributed by atoms with Crippen molar-refractivity contribution in [2.45, 2.75) is 76.6 Å². The number of piperazine rings is 1. The molecule has 4 aliphatic heterocycles. The van der Waals surface area contributed by atoms with Crippen molar-refractivity contribution in [3.8, 4) is 22.6 Å². The highest BCUT2D eigenvalue weighted by Gasteiger charge is 2.41. The molecule has 3 saturated heterocycles. The molecule has 1 saturated carbocycles. The normalized spacial score (nSPS) is 22.5. The molecule has 3 atom stereocenters. The number of methoxy groups -OCH3 is 2. The Hall–Kier alpha value is -5.31. The number of pyridine rings is 2. The van der Waals surface area contributed by atoms with Gasteiger partial charge in [-0.2, -0.15) is 0 Å². The Morgan fingerprint density at radius 1 is 0.852 bits per heavy atom. The van der Waals surface area contributed by atoms with Crippen molar-refractivity contribution >= 4 is 34.2 Å². The lowest BCUT2D eigenvalue weighted by molar-refractivity contribution is -0.136. The van der Waals surface area contributed by atoms with Gasteiger partial charge in [-0.05, 0) is 98.3 Å². The lowest BCUT2D eigenvalue weighted by Gasteiger charge is -2.37. The second kappa shape index (κ2) is 17.2. The molecule has 0 spiro atoms. The zero-order valence-corrected chi connectivity index (χ0v) is 35.8. The first-order valence-corrected chi connectivity index (χ1v) is 22.0. The van der Waals surface area contributed by atoms with E-state index in [1.165, 1.54) is 6.42 Å². The van der Waals surface area contributed by atoms with Crippen LogP contribution in [0.15, 0.2) is 53.6 Å². The van der Waals surface area contributed by atoms with Gasteiger partial charge in [0.15, 0.2) is 0 Å². The van der Waals surface area contributed by atoms with Gasteiger partial charge in [-0.1, -0.05) is 6.07 Å². The van der Waals surface area contributed by atoms with Crippen LogP contribution in [0.4, 0.5) is 5.69 Å². The maximum absolute atomic E-state index is 13.4. The maximum atomic E-state index is 13.4. The molecular weight excluding hydrogens is 775 g/mol. The number of benzene rings is 2. The molecule has 3 amide bonds. The number of carbonyl (C=O) groups excluding carboxylic acids is 3. The zero-order valence-electron chi connectivity index (χ0n) is 35.8. The number of fused-ring (bicyclic) bond motifs is 2. The number of ether oxygens (including phenoxy) is 3. The Kier molecular flexibility index (Phi) is 11.6. The van der Waals surface area contributed by atoms with Crippen LogP contribution in [-0.4, -0.2) is 121 Å². The number of hydrogen-bond donors (Lipinski definition) is 1. The number of aryl methyl sites for hydroxylation is 1. The molecule has 1 aliphatic carbocycles. The van der Waals surface area contributed by atoms with Crippen LogP contribution >= 0.6 is 0 Å². The van der Waals surface area contributed by atoms with Crippen LogP contribution in [0.25, 0.3) is 21.9 Å². The van der Waals surface area contributed by atoms with Crippen LogP contribution in [0.3, 0.4) is 0 Å². The summed E-state index contributed by atoms with van der Waals surface area (Å²) in [7, 11) is 5.19. The molecule has 9 rings (SSSR count). The second-order valence-electron chi connectivity index (χ2n) is 17.4. The molecule has 2 aromatic carbocycles. The number of carbonyl (C=O) groups is 3. The summed E-state index contributed by atoms with van der Waals surface area (Å²) in [5.74, 6) is 1.65. The smallest absolute Gasteiger partial charge is 0.259 e. The van der Waals surface area contributed by atoms with Crippen molar-refractivity contribution < 1.29 is 28.6 Å². The molecule has 6 heterocycles. The monoisotopic (exact) mass is 831 g/mol. The van der Waals surface area contributed by atoms with Gasteiger partial charge in [0.25, 0.3) is 11.5 Å². The predicted octanol–water partition coefficient (Wildman–Crippen LogP) is 4.70. The van der Waals surface area contributed by atoms with Crippen LogP contribution in [0, 0.1) is 5.92 Å². The number of amides is 3. The molecule has 61 heavy (non-hydrogen) atoms. The fraction of sp³-hybridized carbons (Fsp3) is 0.511. The van der Waals surface area contributed by atoms with E-state index in [0.29, 0.717) is 43.0 Å². The molecule has 14 heteroatoms. The van der Waals surface area contributed by atoms with Gasteiger partial charge in [0.05, 0.1) is 31.3 Å². The molecule has 2 aromatic heterocycles. The van der Waals surface area contributed by atoms with Gasteiger partial charge in [-0.3, -0.25) is 34.4 Å². The first-order chi connectivity index (χ1) is 29.6. The van der Waals surface area contributed by atoms with Crippen molar-refractivity contribution in [1.82, 2.24) is 29.6 Å². The first kappa shape index (κ1) is 41.1. The Bertz CT molecular complexity index is 2380. The van der Waals surface area contributed by atoms with Gasteiger partial charge >= 0.3 is 0 Å². The quantitative estimate of drug-likeness (QED) is 0.188. The summed E-state index contributed by atoms with van der Waals surface area (Å²) in [4.78, 5) is 64.5. The third-order valence-corrected chi connectivity index (χ3v) is 13.7. The van der Waals surface area contributed by atoms with Crippen molar-refractivity contribution in [3.05, 3.63) is 81.5 Å². The fourth-order valence-corrected chi connectivity index (χ4v) is 9.96. The molecule has 1 N–H and O–H groups in total. The van der Waals surface area contributed by atoms with Gasteiger partial charge in [0.1, 0.15) is 17.5 Å². The molecule has 5 aliphatic rings. The predicted molar refractivity (Wildman–Crippen MR) is 232 cm³/mol. The number of nitrogens with zero attached hydrogens (tertiary/aromatic N) is 6. The number of hydrogen-bond acceptors (Lipinski definition) is 11. The zero-order chi connectivity index (χ0) is 42.4. The Morgan fingerprint density at radius 3 is 2.30 bits per heavy atom. The highest BCUT2D eigenvalue weighted by molar-refractivity contribution is 6.05. The number of imide groups is 1. The van der Waals surface area contributed by atoms with E-state index < -0.39 is 6.04 Å². The van der Waals surface area contributed by atoms with Crippen molar-refractivity contribution in [2.24, 2.45) is 13.0 Å². The number of anilines is 1. The van der Waals surface area contributed by atoms with Crippen molar-refractivity contribution in [1.29, 1.82) is 0 Å². The molecule has 14 nitrogen and oxygen atoms in total. The Labute approximate surface area is 356 Å². The van der Waals surface area contributed by atoms with E-state index in [2.05, 4.69) is 49.3 Å². The van der Waals surface area contributed by atoms with E-state index >= 15 is 0 Å². The standard InChI is InChI=1S/C47H57N7O7/c1-5-61-43-24-35(43)39-23-34-36(25-48-39)46(57)50(2)27-37(34)31-20-41(59-3)38(42(21-31)60-4)28-52-18-16-51(17-19-52)13-10-29-11-14-53(15-12-29)32-7-6-30-26-54(47(58)33(30)22-32)40-8-9-44(55)49-45(40)56/h6-7,20-23,25,27,29,35,40,43H,5,8-19,24,26,28H2,1-4H3,(H,49,55,56). The summed E-state index contributed by atoms with van der Waals surface area (Å²) >= 11 is 0. The van der Waals surface area contributed by atoms with Crippen molar-refractivity contribution in [3.63, 3.8) is 0 Å². The molecule has 4 fully saturated rings. The Morgan fingerprint density at radius 2 is 1.59 bits per heavy atom. The average Bonchev–Trinajstić information content (AvgIpc) is 3.98. The molecular formula is C47H57N7O7. The minimum absolute atomic E-state index is 0.0793. The van der Waals surface area contributed by atoms with E-state index in [-0.39, 0.29) is 41.7 Å². The SMILES string of the molecule is CCOC1CC1c1cc2c(-c3cc(OC)c(CN4CCN(CCC5CCN(c6ccc7c(c6)C(=O)N(C6CCC(=O)NC6=O)C7)CC5)CC4)c(OC)c3)cn(C)c(=O)c2cn1. The van der Waals surface area contributed by atoms with E-state index in [0.717, 1.165) is 116 Å². The third-order valence-electron chi connectivity index (χ3n) is 13.7. The second-order valence-corrected chi connectivity index (χ2v) is 17.4. The van der Waals surface area contributed by atoms with Gasteiger partial charge in [0, 0.05) is 113 Å². The average molecular weight is 832 g/mol. The van der Waals surface area contributed by atoms with E-state index in [1.807, 2.05) is 25.3 Å². The van der Waals surface area contributed by atoms with E-state index in [4.69, 9.17) is 14.2 Å².